The van der Waals surface area contributed by atoms with E-state index in [1.807, 2.05) is 0 Å². The Morgan fingerprint density at radius 2 is 2.04 bits per heavy atom. The summed E-state index contributed by atoms with van der Waals surface area (Å²) in [4.78, 5) is 16.1. The first-order chi connectivity index (χ1) is 12.4. The number of hydrogen-bond donors (Lipinski definition) is 2. The fourth-order valence-corrected chi connectivity index (χ4v) is 2.19. The summed E-state index contributed by atoms with van der Waals surface area (Å²) >= 11 is 0. The van der Waals surface area contributed by atoms with Crippen LogP contribution in [0.5, 0.6) is 5.75 Å². The Hall–Kier alpha value is -3.36. The maximum absolute atomic E-state index is 13.0. The maximum Gasteiger partial charge on any atom is 0.419 e. The summed E-state index contributed by atoms with van der Waals surface area (Å²) in [5.41, 5.74) is 0.232. The van der Waals surface area contributed by atoms with Crippen molar-refractivity contribution in [3.63, 3.8) is 0 Å². The number of benzene rings is 1. The highest BCUT2D eigenvalue weighted by Crippen LogP contribution is 2.36. The van der Waals surface area contributed by atoms with Crippen LogP contribution in [-0.2, 0) is 12.8 Å². The normalized spacial score (nSPS) is 11.2. The number of alkyl halides is 3. The molecule has 0 bridgehead atoms. The van der Waals surface area contributed by atoms with Gasteiger partial charge in [0.05, 0.1) is 17.4 Å². The van der Waals surface area contributed by atoms with E-state index in [4.69, 9.17) is 4.74 Å². The number of hydrogen-bond acceptors (Lipinski definition) is 4. The molecule has 2 heterocycles. The minimum atomic E-state index is -4.51. The molecule has 0 saturated heterocycles. The van der Waals surface area contributed by atoms with Gasteiger partial charge in [-0.15, -0.1) is 0 Å². The Bertz CT molecular complexity index is 895. The highest BCUT2D eigenvalue weighted by molar-refractivity contribution is 6.02. The van der Waals surface area contributed by atoms with Gasteiger partial charge in [-0.3, -0.25) is 14.9 Å². The Morgan fingerprint density at radius 3 is 2.77 bits per heavy atom. The summed E-state index contributed by atoms with van der Waals surface area (Å²) in [6.45, 7) is -0.137. The van der Waals surface area contributed by atoms with Gasteiger partial charge >= 0.3 is 6.18 Å². The Labute approximate surface area is 146 Å². The average molecular weight is 362 g/mol. The Balaban J connectivity index is 1.71. The van der Waals surface area contributed by atoms with E-state index in [0.29, 0.717) is 11.3 Å². The van der Waals surface area contributed by atoms with Crippen molar-refractivity contribution in [1.82, 2.24) is 15.2 Å². The quantitative estimate of drug-likeness (QED) is 0.726. The summed E-state index contributed by atoms with van der Waals surface area (Å²) in [7, 11) is 0. The fourth-order valence-electron chi connectivity index (χ4n) is 2.19. The van der Waals surface area contributed by atoms with Gasteiger partial charge in [0.15, 0.2) is 0 Å². The number of carbonyl (C=O) groups excluding carboxylic acids is 1. The zero-order valence-corrected chi connectivity index (χ0v) is 13.2. The first-order valence-corrected chi connectivity index (χ1v) is 7.47. The molecule has 2 aromatic heterocycles. The number of carbonyl (C=O) groups is 1. The van der Waals surface area contributed by atoms with Crippen molar-refractivity contribution in [2.24, 2.45) is 0 Å². The van der Waals surface area contributed by atoms with E-state index in [1.165, 1.54) is 42.9 Å². The number of nitrogens with one attached hydrogen (secondary N) is 2. The van der Waals surface area contributed by atoms with E-state index in [9.17, 15) is 18.0 Å². The predicted octanol–water partition coefficient (Wildman–Crippen LogP) is 3.65. The summed E-state index contributed by atoms with van der Waals surface area (Å²) in [5.74, 6) is -0.745. The van der Waals surface area contributed by atoms with Crippen LogP contribution in [0.15, 0.2) is 55.0 Å². The summed E-state index contributed by atoms with van der Waals surface area (Å²) in [6, 6.07) is 7.96. The molecule has 26 heavy (non-hydrogen) atoms. The highest BCUT2D eigenvalue weighted by atomic mass is 19.4. The van der Waals surface area contributed by atoms with Gasteiger partial charge < -0.3 is 10.1 Å². The summed E-state index contributed by atoms with van der Waals surface area (Å²) < 4.78 is 44.2. The molecule has 0 radical (unpaired) electrons. The standard InChI is InChI=1S/C17H13F3N4O2/c18-17(19,20)13-3-1-2-4-15(13)26-10-11-5-6-21-14(7-11)16(25)24-12-8-22-23-9-12/h1-9H,10H2,(H,22,23)(H,24,25). The van der Waals surface area contributed by atoms with Gasteiger partial charge in [-0.2, -0.15) is 18.3 Å². The first-order valence-electron chi connectivity index (χ1n) is 7.47. The minimum absolute atomic E-state index is 0.108. The molecule has 0 saturated carbocycles. The van der Waals surface area contributed by atoms with Crippen LogP contribution in [0, 0.1) is 0 Å². The van der Waals surface area contributed by atoms with Crippen molar-refractivity contribution in [3.05, 3.63) is 71.8 Å². The van der Waals surface area contributed by atoms with Crippen molar-refractivity contribution in [3.8, 4) is 5.75 Å². The van der Waals surface area contributed by atoms with Crippen molar-refractivity contribution < 1.29 is 22.7 Å². The summed E-state index contributed by atoms with van der Waals surface area (Å²) in [6.07, 6.45) is -0.193. The van der Waals surface area contributed by atoms with Crippen molar-refractivity contribution in [2.45, 2.75) is 12.8 Å². The molecule has 3 rings (SSSR count). The van der Waals surface area contributed by atoms with Crippen LogP contribution in [0.4, 0.5) is 18.9 Å². The lowest BCUT2D eigenvalue weighted by molar-refractivity contribution is -0.139. The van der Waals surface area contributed by atoms with Crippen LogP contribution < -0.4 is 10.1 Å². The second kappa shape index (κ2) is 7.26. The highest BCUT2D eigenvalue weighted by Gasteiger charge is 2.34. The molecule has 0 unspecified atom stereocenters. The molecule has 134 valence electrons. The van der Waals surface area contributed by atoms with E-state index in [-0.39, 0.29) is 18.1 Å². The number of rotatable bonds is 5. The molecule has 6 nitrogen and oxygen atoms in total. The lowest BCUT2D eigenvalue weighted by Crippen LogP contribution is -2.14. The number of aromatic amines is 1. The fraction of sp³-hybridized carbons (Fsp3) is 0.118. The van der Waals surface area contributed by atoms with E-state index in [2.05, 4.69) is 20.5 Å². The van der Waals surface area contributed by atoms with E-state index < -0.39 is 17.6 Å². The second-order valence-corrected chi connectivity index (χ2v) is 5.27. The molecule has 3 aromatic rings. The van der Waals surface area contributed by atoms with Crippen LogP contribution in [0.2, 0.25) is 0 Å². The van der Waals surface area contributed by atoms with E-state index >= 15 is 0 Å². The zero-order valence-electron chi connectivity index (χ0n) is 13.2. The lowest BCUT2D eigenvalue weighted by Gasteiger charge is -2.13. The molecule has 0 aliphatic carbocycles. The second-order valence-electron chi connectivity index (χ2n) is 5.27. The first kappa shape index (κ1) is 17.5. The smallest absolute Gasteiger partial charge is 0.419 e. The molecule has 0 aliphatic rings. The minimum Gasteiger partial charge on any atom is -0.488 e. The molecule has 9 heteroatoms. The van der Waals surface area contributed by atoms with Crippen LogP contribution in [-0.4, -0.2) is 21.1 Å². The zero-order chi connectivity index (χ0) is 18.6. The Morgan fingerprint density at radius 1 is 1.23 bits per heavy atom. The van der Waals surface area contributed by atoms with Crippen molar-refractivity contribution in [1.29, 1.82) is 0 Å². The maximum atomic E-state index is 13.0. The number of anilines is 1. The third-order valence-corrected chi connectivity index (χ3v) is 3.40. The van der Waals surface area contributed by atoms with Gasteiger partial charge in [-0.05, 0) is 29.8 Å². The molecular weight excluding hydrogens is 349 g/mol. The molecule has 2 N–H and O–H groups in total. The van der Waals surface area contributed by atoms with Crippen molar-refractivity contribution >= 4 is 11.6 Å². The molecule has 0 aliphatic heterocycles. The number of amides is 1. The van der Waals surface area contributed by atoms with Crippen LogP contribution in [0.1, 0.15) is 21.6 Å². The van der Waals surface area contributed by atoms with E-state index in [1.54, 1.807) is 6.07 Å². The van der Waals surface area contributed by atoms with Crippen molar-refractivity contribution in [2.75, 3.05) is 5.32 Å². The third kappa shape index (κ3) is 4.18. The van der Waals surface area contributed by atoms with E-state index in [0.717, 1.165) is 6.07 Å². The molecule has 0 fully saturated rings. The monoisotopic (exact) mass is 362 g/mol. The van der Waals surface area contributed by atoms with Crippen LogP contribution >= 0.6 is 0 Å². The van der Waals surface area contributed by atoms with Gasteiger partial charge in [0.2, 0.25) is 0 Å². The van der Waals surface area contributed by atoms with Gasteiger partial charge in [-0.25, -0.2) is 0 Å². The number of halogens is 3. The molecule has 1 aromatic carbocycles. The molecular formula is C17H13F3N4O2. The average Bonchev–Trinajstić information content (AvgIpc) is 3.12. The topological polar surface area (TPSA) is 79.9 Å². The third-order valence-electron chi connectivity index (χ3n) is 3.40. The van der Waals surface area contributed by atoms with Gasteiger partial charge in [0.25, 0.3) is 5.91 Å². The number of para-hydroxylation sites is 1. The number of aromatic nitrogens is 3. The largest absolute Gasteiger partial charge is 0.488 e. The molecule has 0 atom stereocenters. The molecule has 1 amide bonds. The Kier molecular flexibility index (Phi) is 4.87. The van der Waals surface area contributed by atoms with Gasteiger partial charge in [-0.1, -0.05) is 12.1 Å². The SMILES string of the molecule is O=C(Nc1cn[nH]c1)c1cc(COc2ccccc2C(F)(F)F)ccn1. The molecule has 0 spiro atoms. The lowest BCUT2D eigenvalue weighted by atomic mass is 10.2. The van der Waals surface area contributed by atoms with Gasteiger partial charge in [0.1, 0.15) is 18.1 Å². The number of pyridine rings is 1. The van der Waals surface area contributed by atoms with Crippen LogP contribution in [0.25, 0.3) is 0 Å². The van der Waals surface area contributed by atoms with Gasteiger partial charge in [0, 0.05) is 12.4 Å². The number of ether oxygens (including phenoxy) is 1. The van der Waals surface area contributed by atoms with Crippen LogP contribution in [0.3, 0.4) is 0 Å². The number of H-pyrrole nitrogens is 1. The summed E-state index contributed by atoms with van der Waals surface area (Å²) in [5, 5.41) is 8.85. The predicted molar refractivity (Wildman–Crippen MR) is 86.6 cm³/mol. The number of nitrogens with zero attached hydrogens (tertiary/aromatic N) is 2.